The molecule has 3 rings (SSSR count). The number of carbonyl (C=O) groups is 1. The van der Waals surface area contributed by atoms with E-state index in [1.54, 1.807) is 29.7 Å². The minimum atomic E-state index is -0.110. The van der Waals surface area contributed by atoms with Crippen molar-refractivity contribution < 1.29 is 4.79 Å². The summed E-state index contributed by atoms with van der Waals surface area (Å²) in [5.74, 6) is 0.923. The lowest BCUT2D eigenvalue weighted by Crippen LogP contribution is -2.30. The molecule has 0 atom stereocenters. The van der Waals surface area contributed by atoms with E-state index in [1.165, 1.54) is 19.3 Å². The lowest BCUT2D eigenvalue weighted by atomic mass is 10.1. The average Bonchev–Trinajstić information content (AvgIpc) is 3.05. The number of anilines is 1. The molecule has 0 unspecified atom stereocenters. The van der Waals surface area contributed by atoms with E-state index in [0.29, 0.717) is 6.54 Å². The smallest absolute Gasteiger partial charge is 0.244 e. The van der Waals surface area contributed by atoms with E-state index < -0.39 is 0 Å². The van der Waals surface area contributed by atoms with Crippen LogP contribution in [-0.2, 0) is 11.3 Å². The van der Waals surface area contributed by atoms with Crippen molar-refractivity contribution in [3.63, 3.8) is 0 Å². The number of piperidine rings is 1. The van der Waals surface area contributed by atoms with Gasteiger partial charge in [0.1, 0.15) is 5.82 Å². The average molecular weight is 342 g/mol. The summed E-state index contributed by atoms with van der Waals surface area (Å²) in [5.41, 5.74) is 1.01. The highest BCUT2D eigenvalue weighted by Gasteiger charge is 2.11. The highest BCUT2D eigenvalue weighted by Crippen LogP contribution is 2.17. The van der Waals surface area contributed by atoms with Crippen molar-refractivity contribution in [2.75, 3.05) is 18.0 Å². The fourth-order valence-electron chi connectivity index (χ4n) is 2.69. The maximum Gasteiger partial charge on any atom is 0.244 e. The van der Waals surface area contributed by atoms with Gasteiger partial charge in [-0.25, -0.2) is 9.97 Å². The first-order valence-corrected chi connectivity index (χ1v) is 9.10. The second-order valence-corrected chi connectivity index (χ2v) is 7.17. The van der Waals surface area contributed by atoms with Gasteiger partial charge in [0.2, 0.25) is 5.91 Å². The molecule has 0 aromatic carbocycles. The molecule has 1 fully saturated rings. The molecule has 1 N–H and O–H groups in total. The maximum atomic E-state index is 11.9. The molecule has 2 aromatic rings. The van der Waals surface area contributed by atoms with Crippen LogP contribution in [0, 0.1) is 6.92 Å². The summed E-state index contributed by atoms with van der Waals surface area (Å²) in [6, 6.07) is 4.08. The molecule has 6 heteroatoms. The number of hydrogen-bond donors (Lipinski definition) is 1. The highest BCUT2D eigenvalue weighted by molar-refractivity contribution is 7.12. The Hall–Kier alpha value is -2.21. The number of carbonyl (C=O) groups excluding carboxylic acids is 1. The zero-order valence-corrected chi connectivity index (χ0v) is 14.7. The highest BCUT2D eigenvalue weighted by atomic mass is 32.1. The van der Waals surface area contributed by atoms with E-state index in [4.69, 9.17) is 0 Å². The fraction of sp³-hybridized carbons (Fsp3) is 0.389. The van der Waals surface area contributed by atoms with Crippen LogP contribution in [-0.4, -0.2) is 29.0 Å². The largest absolute Gasteiger partial charge is 0.357 e. The van der Waals surface area contributed by atoms with Crippen LogP contribution in [0.15, 0.2) is 30.6 Å². The van der Waals surface area contributed by atoms with Gasteiger partial charge in [-0.3, -0.25) is 4.79 Å². The summed E-state index contributed by atoms with van der Waals surface area (Å²) in [7, 11) is 0. The van der Waals surface area contributed by atoms with Crippen LogP contribution < -0.4 is 10.2 Å². The topological polar surface area (TPSA) is 58.1 Å². The van der Waals surface area contributed by atoms with Gasteiger partial charge in [0.15, 0.2) is 0 Å². The van der Waals surface area contributed by atoms with Crippen molar-refractivity contribution in [1.82, 2.24) is 15.3 Å². The van der Waals surface area contributed by atoms with Crippen molar-refractivity contribution in [3.8, 4) is 0 Å². The molecule has 0 bridgehead atoms. The minimum absolute atomic E-state index is 0.110. The van der Waals surface area contributed by atoms with Gasteiger partial charge >= 0.3 is 0 Å². The molecule has 0 spiro atoms. The van der Waals surface area contributed by atoms with Crippen LogP contribution in [0.25, 0.3) is 6.08 Å². The second kappa shape index (κ2) is 8.06. The van der Waals surface area contributed by atoms with Crippen LogP contribution in [0.1, 0.15) is 34.7 Å². The van der Waals surface area contributed by atoms with Crippen molar-refractivity contribution in [1.29, 1.82) is 0 Å². The molecule has 1 amide bonds. The summed E-state index contributed by atoms with van der Waals surface area (Å²) in [5, 5.41) is 3.88. The van der Waals surface area contributed by atoms with E-state index in [-0.39, 0.29) is 5.91 Å². The SMILES string of the molecule is Cc1ncc(/C=C/C(=O)NCc2ccc(N3CCCCC3)nc2)s1. The number of rotatable bonds is 5. The van der Waals surface area contributed by atoms with E-state index >= 15 is 0 Å². The van der Waals surface area contributed by atoms with Crippen molar-refractivity contribution in [2.24, 2.45) is 0 Å². The molecule has 3 heterocycles. The number of amides is 1. The molecule has 126 valence electrons. The Morgan fingerprint density at radius 3 is 2.75 bits per heavy atom. The predicted octanol–water partition coefficient (Wildman–Crippen LogP) is 3.17. The Labute approximate surface area is 146 Å². The number of thiazole rings is 1. The Kier molecular flexibility index (Phi) is 5.59. The summed E-state index contributed by atoms with van der Waals surface area (Å²) >= 11 is 1.57. The molecule has 0 aliphatic carbocycles. The third-order valence-corrected chi connectivity index (χ3v) is 4.87. The monoisotopic (exact) mass is 342 g/mol. The van der Waals surface area contributed by atoms with Gasteiger partial charge in [-0.1, -0.05) is 6.07 Å². The number of nitrogens with one attached hydrogen (secondary N) is 1. The third kappa shape index (κ3) is 4.64. The van der Waals surface area contributed by atoms with Gasteiger partial charge in [0.05, 0.1) is 5.01 Å². The van der Waals surface area contributed by atoms with Gasteiger partial charge in [-0.2, -0.15) is 0 Å². The van der Waals surface area contributed by atoms with Crippen LogP contribution in [0.5, 0.6) is 0 Å². The third-order valence-electron chi connectivity index (χ3n) is 3.99. The number of aryl methyl sites for hydroxylation is 1. The zero-order chi connectivity index (χ0) is 16.8. The number of pyridine rings is 1. The number of nitrogens with zero attached hydrogens (tertiary/aromatic N) is 3. The summed E-state index contributed by atoms with van der Waals surface area (Å²) in [4.78, 5) is 23.9. The van der Waals surface area contributed by atoms with E-state index in [2.05, 4.69) is 20.2 Å². The summed E-state index contributed by atoms with van der Waals surface area (Å²) in [6.07, 6.45) is 10.7. The first-order valence-electron chi connectivity index (χ1n) is 8.29. The van der Waals surface area contributed by atoms with Gasteiger partial charge in [0.25, 0.3) is 0 Å². The molecular weight excluding hydrogens is 320 g/mol. The van der Waals surface area contributed by atoms with Crippen LogP contribution in [0.3, 0.4) is 0 Å². The Balaban J connectivity index is 1.49. The number of aromatic nitrogens is 2. The summed E-state index contributed by atoms with van der Waals surface area (Å²) in [6.45, 7) is 4.61. The van der Waals surface area contributed by atoms with Gasteiger partial charge in [-0.05, 0) is 43.9 Å². The molecule has 0 saturated carbocycles. The van der Waals surface area contributed by atoms with Crippen molar-refractivity contribution >= 4 is 29.1 Å². The Bertz CT molecular complexity index is 702. The first kappa shape index (κ1) is 16.6. The molecule has 5 nitrogen and oxygen atoms in total. The molecule has 1 aliphatic rings. The van der Waals surface area contributed by atoms with E-state index in [9.17, 15) is 4.79 Å². The molecule has 2 aromatic heterocycles. The Morgan fingerprint density at radius 1 is 1.25 bits per heavy atom. The minimum Gasteiger partial charge on any atom is -0.357 e. The molecule has 1 aliphatic heterocycles. The standard InChI is InChI=1S/C18H22N4OS/c1-14-19-13-16(24-14)6-8-18(23)21-12-15-5-7-17(20-11-15)22-9-3-2-4-10-22/h5-8,11,13H,2-4,9-10,12H2,1H3,(H,21,23)/b8-6+. The molecule has 24 heavy (non-hydrogen) atoms. The van der Waals surface area contributed by atoms with E-state index in [1.807, 2.05) is 25.3 Å². The van der Waals surface area contributed by atoms with Gasteiger partial charge in [0, 0.05) is 43.0 Å². The lowest BCUT2D eigenvalue weighted by molar-refractivity contribution is -0.116. The summed E-state index contributed by atoms with van der Waals surface area (Å²) < 4.78 is 0. The Morgan fingerprint density at radius 2 is 2.08 bits per heavy atom. The molecular formula is C18H22N4OS. The predicted molar refractivity (Wildman–Crippen MR) is 98.0 cm³/mol. The lowest BCUT2D eigenvalue weighted by Gasteiger charge is -2.27. The zero-order valence-electron chi connectivity index (χ0n) is 13.9. The van der Waals surface area contributed by atoms with Crippen LogP contribution >= 0.6 is 11.3 Å². The van der Waals surface area contributed by atoms with Crippen LogP contribution in [0.2, 0.25) is 0 Å². The number of hydrogen-bond acceptors (Lipinski definition) is 5. The molecule has 0 radical (unpaired) electrons. The maximum absolute atomic E-state index is 11.9. The van der Waals surface area contributed by atoms with Crippen molar-refractivity contribution in [3.05, 3.63) is 46.1 Å². The quantitative estimate of drug-likeness (QED) is 0.848. The second-order valence-electron chi connectivity index (χ2n) is 5.91. The van der Waals surface area contributed by atoms with Crippen LogP contribution in [0.4, 0.5) is 5.82 Å². The normalized spacial score (nSPS) is 15.0. The van der Waals surface area contributed by atoms with Gasteiger partial charge in [-0.15, -0.1) is 11.3 Å². The molecule has 1 saturated heterocycles. The fourth-order valence-corrected chi connectivity index (χ4v) is 3.38. The first-order chi connectivity index (χ1) is 11.7. The van der Waals surface area contributed by atoms with E-state index in [0.717, 1.165) is 34.4 Å². The van der Waals surface area contributed by atoms with Crippen molar-refractivity contribution in [2.45, 2.75) is 32.7 Å². The van der Waals surface area contributed by atoms with Gasteiger partial charge < -0.3 is 10.2 Å².